The van der Waals surface area contributed by atoms with Crippen LogP contribution in [-0.4, -0.2) is 34.0 Å². The molecule has 0 spiro atoms. The van der Waals surface area contributed by atoms with Crippen LogP contribution in [0.25, 0.3) is 0 Å². The first kappa shape index (κ1) is 14.1. The molecule has 3 rings (SSSR count). The fourth-order valence-corrected chi connectivity index (χ4v) is 2.95. The molecule has 1 unspecified atom stereocenters. The Labute approximate surface area is 124 Å². The maximum atomic E-state index is 12.6. The summed E-state index contributed by atoms with van der Waals surface area (Å²) in [6.07, 6.45) is 5.10. The van der Waals surface area contributed by atoms with Crippen LogP contribution in [0.4, 0.5) is 0 Å². The largest absolute Gasteiger partial charge is 0.478 e. The summed E-state index contributed by atoms with van der Waals surface area (Å²) in [4.78, 5) is 25.5. The molecule has 4 nitrogen and oxygen atoms in total. The van der Waals surface area contributed by atoms with Gasteiger partial charge in [0.05, 0.1) is 12.0 Å². The van der Waals surface area contributed by atoms with Crippen molar-refractivity contribution < 1.29 is 14.7 Å². The molecule has 2 saturated carbocycles. The monoisotopic (exact) mass is 287 g/mol. The number of carbonyl (C=O) groups is 2. The van der Waals surface area contributed by atoms with Crippen molar-refractivity contribution in [2.75, 3.05) is 0 Å². The molecule has 0 aliphatic heterocycles. The molecule has 1 amide bonds. The van der Waals surface area contributed by atoms with E-state index in [0.29, 0.717) is 24.4 Å². The predicted molar refractivity (Wildman–Crippen MR) is 79.2 cm³/mol. The molecular weight excluding hydrogens is 266 g/mol. The first-order valence-electron chi connectivity index (χ1n) is 7.69. The van der Waals surface area contributed by atoms with Crippen LogP contribution in [0, 0.1) is 5.92 Å². The number of carboxylic acid groups (broad SMARTS) is 1. The average Bonchev–Trinajstić information content (AvgIpc) is 3.32. The molecule has 112 valence electrons. The zero-order valence-corrected chi connectivity index (χ0v) is 12.3. The lowest BCUT2D eigenvalue weighted by Gasteiger charge is -2.29. The van der Waals surface area contributed by atoms with Gasteiger partial charge in [-0.1, -0.05) is 12.1 Å². The maximum Gasteiger partial charge on any atom is 0.335 e. The van der Waals surface area contributed by atoms with Crippen LogP contribution in [0.2, 0.25) is 0 Å². The minimum absolute atomic E-state index is 0.181. The summed E-state index contributed by atoms with van der Waals surface area (Å²) < 4.78 is 0. The van der Waals surface area contributed by atoms with Crippen LogP contribution >= 0.6 is 0 Å². The highest BCUT2D eigenvalue weighted by Gasteiger charge is 2.41. The highest BCUT2D eigenvalue weighted by molar-refractivity contribution is 5.87. The molecule has 2 fully saturated rings. The van der Waals surface area contributed by atoms with E-state index in [1.54, 1.807) is 24.3 Å². The average molecular weight is 287 g/mol. The summed E-state index contributed by atoms with van der Waals surface area (Å²) in [7, 11) is 0. The van der Waals surface area contributed by atoms with E-state index in [2.05, 4.69) is 11.8 Å². The Bertz CT molecular complexity index is 544. The second-order valence-electron chi connectivity index (χ2n) is 6.29. The van der Waals surface area contributed by atoms with Crippen LogP contribution in [0.5, 0.6) is 0 Å². The van der Waals surface area contributed by atoms with E-state index in [-0.39, 0.29) is 11.5 Å². The fraction of sp³-hybridized carbons (Fsp3) is 0.529. The van der Waals surface area contributed by atoms with Crippen molar-refractivity contribution in [3.8, 4) is 0 Å². The van der Waals surface area contributed by atoms with E-state index in [4.69, 9.17) is 5.11 Å². The minimum atomic E-state index is -0.935. The molecule has 2 aliphatic rings. The summed E-state index contributed by atoms with van der Waals surface area (Å²) in [6.45, 7) is 2.17. The van der Waals surface area contributed by atoms with Crippen LogP contribution < -0.4 is 0 Å². The number of aromatic carboxylic acids is 1. The third kappa shape index (κ3) is 3.26. The van der Waals surface area contributed by atoms with Crippen LogP contribution in [-0.2, 0) is 11.2 Å². The maximum absolute atomic E-state index is 12.6. The molecule has 4 heteroatoms. The Kier molecular flexibility index (Phi) is 3.70. The van der Waals surface area contributed by atoms with Gasteiger partial charge in [-0.25, -0.2) is 4.79 Å². The number of carboxylic acids is 1. The van der Waals surface area contributed by atoms with Gasteiger partial charge in [-0.15, -0.1) is 0 Å². The lowest BCUT2D eigenvalue weighted by molar-refractivity contribution is -0.133. The molecule has 1 aromatic rings. The zero-order valence-electron chi connectivity index (χ0n) is 12.3. The first-order valence-corrected chi connectivity index (χ1v) is 7.69. The molecule has 0 bridgehead atoms. The van der Waals surface area contributed by atoms with Crippen molar-refractivity contribution >= 4 is 11.9 Å². The molecule has 1 N–H and O–H groups in total. The normalized spacial score (nSPS) is 19.1. The van der Waals surface area contributed by atoms with Gasteiger partial charge in [-0.2, -0.15) is 0 Å². The molecule has 1 atom stereocenters. The number of hydrogen-bond donors (Lipinski definition) is 1. The number of hydrogen-bond acceptors (Lipinski definition) is 2. The highest BCUT2D eigenvalue weighted by Crippen LogP contribution is 2.39. The van der Waals surface area contributed by atoms with Crippen molar-refractivity contribution in [3.05, 3.63) is 35.4 Å². The molecular formula is C17H21NO3. The predicted octanol–water partition coefficient (Wildman–Crippen LogP) is 2.72. The number of rotatable bonds is 6. The van der Waals surface area contributed by atoms with Gasteiger partial charge in [-0.3, -0.25) is 4.79 Å². The Morgan fingerprint density at radius 3 is 2.29 bits per heavy atom. The lowest BCUT2D eigenvalue weighted by Crippen LogP contribution is -2.42. The van der Waals surface area contributed by atoms with Gasteiger partial charge in [0.15, 0.2) is 0 Å². The summed E-state index contributed by atoms with van der Waals surface area (Å²) >= 11 is 0. The van der Waals surface area contributed by atoms with Gasteiger partial charge in [0, 0.05) is 12.1 Å². The van der Waals surface area contributed by atoms with Crippen molar-refractivity contribution in [1.29, 1.82) is 0 Å². The Morgan fingerprint density at radius 1 is 1.19 bits per heavy atom. The van der Waals surface area contributed by atoms with Gasteiger partial charge >= 0.3 is 5.97 Å². The number of nitrogens with zero attached hydrogens (tertiary/aromatic N) is 1. The van der Waals surface area contributed by atoms with Crippen LogP contribution in [0.1, 0.15) is 48.5 Å². The topological polar surface area (TPSA) is 57.6 Å². The molecule has 1 aromatic carbocycles. The molecule has 0 radical (unpaired) electrons. The van der Waals surface area contributed by atoms with E-state index in [0.717, 1.165) is 18.4 Å². The highest BCUT2D eigenvalue weighted by atomic mass is 16.4. The lowest BCUT2D eigenvalue weighted by atomic mass is 10.1. The van der Waals surface area contributed by atoms with Crippen LogP contribution in [0.15, 0.2) is 24.3 Å². The van der Waals surface area contributed by atoms with Gasteiger partial charge in [0.2, 0.25) is 5.91 Å². The second kappa shape index (κ2) is 5.51. The first-order chi connectivity index (χ1) is 10.1. The molecule has 2 aliphatic carbocycles. The van der Waals surface area contributed by atoms with Crippen molar-refractivity contribution in [3.63, 3.8) is 0 Å². The summed E-state index contributed by atoms with van der Waals surface area (Å²) in [5.74, 6) is -0.0706. The molecule has 0 heterocycles. The standard InChI is InChI=1S/C17H21NO3/c1-11(13-6-7-13)18(15-8-9-15)16(19)10-12-2-4-14(5-3-12)17(20)21/h2-5,11,13,15H,6-10H2,1H3,(H,20,21). The number of benzene rings is 1. The quantitative estimate of drug-likeness (QED) is 0.875. The Morgan fingerprint density at radius 2 is 1.81 bits per heavy atom. The third-order valence-corrected chi connectivity index (χ3v) is 4.53. The summed E-state index contributed by atoms with van der Waals surface area (Å²) in [5, 5.41) is 8.89. The van der Waals surface area contributed by atoms with E-state index >= 15 is 0 Å². The van der Waals surface area contributed by atoms with Gasteiger partial charge < -0.3 is 10.0 Å². The van der Waals surface area contributed by atoms with Crippen molar-refractivity contribution in [1.82, 2.24) is 4.90 Å². The molecule has 0 saturated heterocycles. The minimum Gasteiger partial charge on any atom is -0.478 e. The van der Waals surface area contributed by atoms with Crippen molar-refractivity contribution in [2.24, 2.45) is 5.92 Å². The van der Waals surface area contributed by atoms with Gasteiger partial charge in [-0.05, 0) is 56.2 Å². The second-order valence-corrected chi connectivity index (χ2v) is 6.29. The third-order valence-electron chi connectivity index (χ3n) is 4.53. The zero-order chi connectivity index (χ0) is 15.0. The van der Waals surface area contributed by atoms with E-state index in [1.807, 2.05) is 0 Å². The summed E-state index contributed by atoms with van der Waals surface area (Å²) in [6, 6.07) is 7.41. The molecule has 21 heavy (non-hydrogen) atoms. The van der Waals surface area contributed by atoms with Gasteiger partial charge in [0.1, 0.15) is 0 Å². The van der Waals surface area contributed by atoms with Crippen LogP contribution in [0.3, 0.4) is 0 Å². The summed E-state index contributed by atoms with van der Waals surface area (Å²) in [5.41, 5.74) is 1.15. The fourth-order valence-electron chi connectivity index (χ4n) is 2.95. The van der Waals surface area contributed by atoms with E-state index in [1.165, 1.54) is 12.8 Å². The number of amides is 1. The van der Waals surface area contributed by atoms with Crippen molar-refractivity contribution in [2.45, 2.75) is 51.1 Å². The number of carbonyl (C=O) groups excluding carboxylic acids is 1. The smallest absolute Gasteiger partial charge is 0.335 e. The molecule has 0 aromatic heterocycles. The van der Waals surface area contributed by atoms with Gasteiger partial charge in [0.25, 0.3) is 0 Å². The Hall–Kier alpha value is -1.84. The van der Waals surface area contributed by atoms with E-state index < -0.39 is 5.97 Å². The van der Waals surface area contributed by atoms with E-state index in [9.17, 15) is 9.59 Å². The Balaban J connectivity index is 1.67. The SMILES string of the molecule is CC(C1CC1)N(C(=O)Cc1ccc(C(=O)O)cc1)C1CC1.